The molecule has 2 heteroatoms. The Morgan fingerprint density at radius 3 is 1.35 bits per heavy atom. The van der Waals surface area contributed by atoms with E-state index in [1.807, 2.05) is 0 Å². The first-order valence-corrected chi connectivity index (χ1v) is 18.9. The topological polar surface area (TPSA) is 0 Å². The Balaban J connectivity index is 1.85. The van der Waals surface area contributed by atoms with E-state index in [1.165, 1.54) is 22.3 Å². The summed E-state index contributed by atoms with van der Waals surface area (Å²) in [4.78, 5) is 0. The van der Waals surface area contributed by atoms with E-state index >= 15 is 0 Å². The molecule has 0 aliphatic carbocycles. The van der Waals surface area contributed by atoms with Crippen molar-refractivity contribution in [2.24, 2.45) is 0 Å². The van der Waals surface area contributed by atoms with Crippen molar-refractivity contribution in [3.63, 3.8) is 0 Å². The molecule has 26 heavy (non-hydrogen) atoms. The normalized spacial score (nSPS) is 15.1. The Labute approximate surface area is 168 Å². The van der Waals surface area contributed by atoms with Crippen LogP contribution >= 0.6 is 18.7 Å². The maximum absolute atomic E-state index is 2.86. The summed E-state index contributed by atoms with van der Waals surface area (Å²) in [5.41, 5.74) is 5.56. The van der Waals surface area contributed by atoms with Crippen LogP contribution in [0.2, 0.25) is 0 Å². The molecule has 4 aromatic carbocycles. The third kappa shape index (κ3) is 2.40. The summed E-state index contributed by atoms with van der Waals surface area (Å²) in [5, 5.41) is 0. The molecule has 0 amide bonds. The Bertz CT molecular complexity index is 1060. The van der Waals surface area contributed by atoms with Crippen LogP contribution in [0, 0.1) is 0 Å². The second-order valence-electron chi connectivity index (χ2n) is 6.39. The molecule has 5 rings (SSSR count). The molecule has 1 aliphatic heterocycles. The molecule has 0 radical (unpaired) electrons. The van der Waals surface area contributed by atoms with Crippen molar-refractivity contribution in [3.8, 4) is 22.3 Å². The van der Waals surface area contributed by atoms with E-state index in [9.17, 15) is 0 Å². The van der Waals surface area contributed by atoms with E-state index in [-0.39, 0.29) is 0 Å². The van der Waals surface area contributed by atoms with E-state index < -0.39 is 14.2 Å². The number of hydrogen-bond donors (Lipinski definition) is 0. The average Bonchev–Trinajstić information content (AvgIpc) is 2.99. The van der Waals surface area contributed by atoms with Gasteiger partial charge in [-0.1, -0.05) is 0 Å². The number of fused-ring (bicyclic) bond motifs is 3. The first-order chi connectivity index (χ1) is 12.8. The van der Waals surface area contributed by atoms with E-state index in [1.54, 1.807) is 10.8 Å². The van der Waals surface area contributed by atoms with Gasteiger partial charge in [-0.2, -0.15) is 0 Å². The van der Waals surface area contributed by atoms with Crippen molar-refractivity contribution in [2.45, 2.75) is 0 Å². The van der Waals surface area contributed by atoms with Crippen molar-refractivity contribution in [2.75, 3.05) is 0 Å². The SMILES string of the molecule is I[Te]1(c2ccccc2-c2ccccc2)c2ccccc2-c2ccccc21. The monoisotopic (exact) mass is 562 g/mol. The van der Waals surface area contributed by atoms with Crippen LogP contribution in [0.1, 0.15) is 0 Å². The predicted octanol–water partition coefficient (Wildman–Crippen LogP) is 4.74. The number of halogens is 1. The van der Waals surface area contributed by atoms with Gasteiger partial charge in [-0.25, -0.2) is 0 Å². The van der Waals surface area contributed by atoms with Gasteiger partial charge in [-0.15, -0.1) is 0 Å². The molecular weight excluding hydrogens is 543 g/mol. The molecule has 0 unspecified atom stereocenters. The van der Waals surface area contributed by atoms with E-state index in [0.29, 0.717) is 0 Å². The number of hydrogen-bond acceptors (Lipinski definition) is 0. The van der Waals surface area contributed by atoms with Gasteiger partial charge >= 0.3 is 169 Å². The van der Waals surface area contributed by atoms with Gasteiger partial charge in [0.15, 0.2) is 0 Å². The summed E-state index contributed by atoms with van der Waals surface area (Å²) >= 11 is 0.104. The zero-order valence-corrected chi connectivity index (χ0v) is 18.6. The average molecular weight is 560 g/mol. The van der Waals surface area contributed by atoms with Crippen molar-refractivity contribution < 1.29 is 0 Å². The van der Waals surface area contributed by atoms with Gasteiger partial charge in [0.1, 0.15) is 0 Å². The second-order valence-corrected chi connectivity index (χ2v) is 22.1. The predicted molar refractivity (Wildman–Crippen MR) is 122 cm³/mol. The molecule has 0 bridgehead atoms. The molecule has 1 aliphatic rings. The molecule has 0 N–H and O–H groups in total. The van der Waals surface area contributed by atoms with Crippen molar-refractivity contribution >= 4 is 43.8 Å². The van der Waals surface area contributed by atoms with Crippen molar-refractivity contribution in [1.29, 1.82) is 0 Å². The van der Waals surface area contributed by atoms with Gasteiger partial charge in [-0.05, 0) is 0 Å². The van der Waals surface area contributed by atoms with E-state index in [2.05, 4.69) is 122 Å². The quantitative estimate of drug-likeness (QED) is 0.246. The number of rotatable bonds is 2. The van der Waals surface area contributed by atoms with Crippen LogP contribution in [0.15, 0.2) is 103 Å². The van der Waals surface area contributed by atoms with Crippen LogP contribution in [-0.4, -0.2) is 14.2 Å². The summed E-state index contributed by atoms with van der Waals surface area (Å²) in [7, 11) is 0. The van der Waals surface area contributed by atoms with Crippen LogP contribution < -0.4 is 10.8 Å². The molecule has 1 heterocycles. The third-order valence-electron chi connectivity index (χ3n) is 4.95. The summed E-state index contributed by atoms with van der Waals surface area (Å²) in [6.07, 6.45) is 0. The van der Waals surface area contributed by atoms with E-state index in [0.717, 1.165) is 0 Å². The minimum atomic E-state index is -2.75. The molecule has 0 aromatic heterocycles. The van der Waals surface area contributed by atoms with Gasteiger partial charge in [0.2, 0.25) is 0 Å². The maximum atomic E-state index is 2.86. The number of benzene rings is 4. The first kappa shape index (κ1) is 16.6. The van der Waals surface area contributed by atoms with Crippen LogP contribution in [0.4, 0.5) is 0 Å². The zero-order valence-electron chi connectivity index (χ0n) is 14.1. The fourth-order valence-electron chi connectivity index (χ4n) is 3.79. The summed E-state index contributed by atoms with van der Waals surface area (Å²) < 4.78 is 4.68. The van der Waals surface area contributed by atoms with Crippen LogP contribution in [0.3, 0.4) is 0 Å². The van der Waals surface area contributed by atoms with Crippen molar-refractivity contribution in [3.05, 3.63) is 103 Å². The Hall–Kier alpha value is -1.60. The van der Waals surface area contributed by atoms with Gasteiger partial charge in [0, 0.05) is 0 Å². The molecule has 126 valence electrons. The van der Waals surface area contributed by atoms with E-state index in [4.69, 9.17) is 0 Å². The van der Waals surface area contributed by atoms with Gasteiger partial charge in [0.05, 0.1) is 0 Å². The molecule has 0 fully saturated rings. The van der Waals surface area contributed by atoms with Gasteiger partial charge in [0.25, 0.3) is 0 Å². The molecular formula is C24H17ITe. The van der Waals surface area contributed by atoms with Gasteiger partial charge < -0.3 is 0 Å². The summed E-state index contributed by atoms with van der Waals surface area (Å²) in [6.45, 7) is 0. The molecule has 0 saturated heterocycles. The van der Waals surface area contributed by atoms with Crippen LogP contribution in [0.25, 0.3) is 22.3 Å². The summed E-state index contributed by atoms with van der Waals surface area (Å²) in [5.74, 6) is 0. The van der Waals surface area contributed by atoms with Crippen LogP contribution in [-0.2, 0) is 0 Å². The molecule has 4 aromatic rings. The Morgan fingerprint density at radius 1 is 0.423 bits per heavy atom. The fourth-order valence-corrected chi connectivity index (χ4v) is 20.0. The minimum absolute atomic E-state index is 1.31. The third-order valence-corrected chi connectivity index (χ3v) is 22.7. The second kappa shape index (κ2) is 6.53. The Morgan fingerprint density at radius 2 is 0.808 bits per heavy atom. The van der Waals surface area contributed by atoms with Crippen LogP contribution in [0.5, 0.6) is 0 Å². The molecule has 0 spiro atoms. The first-order valence-electron chi connectivity index (χ1n) is 8.66. The van der Waals surface area contributed by atoms with Crippen molar-refractivity contribution in [1.82, 2.24) is 0 Å². The zero-order chi connectivity index (χ0) is 17.6. The van der Waals surface area contributed by atoms with Gasteiger partial charge in [-0.3, -0.25) is 0 Å². The Kier molecular flexibility index (Phi) is 4.16. The summed E-state index contributed by atoms with van der Waals surface area (Å²) in [6, 6.07) is 37.9. The fraction of sp³-hybridized carbons (Fsp3) is 0. The molecule has 0 atom stereocenters. The standard InChI is InChI=1S/C24H17ITe/c25-26(22-15-7-4-12-19(22)18-10-2-1-3-11-18)23-16-8-5-13-20(23)21-14-6-9-17-24(21)26/h1-17H. The molecule has 0 nitrogen and oxygen atoms in total. The molecule has 0 saturated carbocycles.